The number of imidazole rings is 1. The van der Waals surface area contributed by atoms with Crippen LogP contribution in [0.2, 0.25) is 0 Å². The van der Waals surface area contributed by atoms with Crippen LogP contribution >= 0.6 is 23.7 Å². The summed E-state index contributed by atoms with van der Waals surface area (Å²) >= 11 is 1.59. The van der Waals surface area contributed by atoms with E-state index in [-0.39, 0.29) is 12.4 Å². The number of piperidine rings is 1. The van der Waals surface area contributed by atoms with Gasteiger partial charge in [-0.05, 0) is 26.3 Å². The summed E-state index contributed by atoms with van der Waals surface area (Å²) in [5, 5.41) is 0.656. The highest BCUT2D eigenvalue weighted by atomic mass is 35.5. The molecule has 2 aromatic heterocycles. The molecule has 0 bridgehead atoms. The first-order chi connectivity index (χ1) is 9.78. The molecule has 5 nitrogen and oxygen atoms in total. The molecule has 0 spiro atoms. The van der Waals surface area contributed by atoms with Gasteiger partial charge in [-0.15, -0.1) is 23.7 Å². The highest BCUT2D eigenvalue weighted by Gasteiger charge is 2.27. The number of nitrogens with two attached hydrogens (primary N) is 1. The lowest BCUT2D eigenvalue weighted by molar-refractivity contribution is 0.132. The first-order valence-electron chi connectivity index (χ1n) is 7.23. The van der Waals surface area contributed by atoms with Crippen LogP contribution in [0.1, 0.15) is 42.9 Å². The van der Waals surface area contributed by atoms with Crippen molar-refractivity contribution in [2.45, 2.75) is 45.3 Å². The van der Waals surface area contributed by atoms with Crippen LogP contribution in [0, 0.1) is 0 Å². The van der Waals surface area contributed by atoms with Crippen LogP contribution in [0.25, 0.3) is 0 Å². The molecular formula is C14H22ClN5S. The molecule has 1 aliphatic rings. The molecule has 3 heterocycles. The summed E-state index contributed by atoms with van der Waals surface area (Å²) in [7, 11) is 0. The number of rotatable bonds is 4. The van der Waals surface area contributed by atoms with Gasteiger partial charge in [-0.3, -0.25) is 4.90 Å². The van der Waals surface area contributed by atoms with E-state index in [2.05, 4.69) is 32.6 Å². The third-order valence-electron chi connectivity index (χ3n) is 3.93. The summed E-state index contributed by atoms with van der Waals surface area (Å²) in [6.07, 6.45) is 9.62. The van der Waals surface area contributed by atoms with Crippen LogP contribution < -0.4 is 5.73 Å². The Labute approximate surface area is 135 Å². The number of likely N-dealkylation sites (tertiary alicyclic amines) is 1. The van der Waals surface area contributed by atoms with Gasteiger partial charge in [-0.2, -0.15) is 0 Å². The zero-order valence-electron chi connectivity index (χ0n) is 12.2. The third kappa shape index (κ3) is 3.56. The summed E-state index contributed by atoms with van der Waals surface area (Å²) in [6.45, 7) is 5.20. The molecule has 21 heavy (non-hydrogen) atoms. The smallest absolute Gasteiger partial charge is 0.180 e. The lowest BCUT2D eigenvalue weighted by Gasteiger charge is -2.35. The van der Waals surface area contributed by atoms with Crippen molar-refractivity contribution in [3.8, 4) is 0 Å². The van der Waals surface area contributed by atoms with E-state index in [1.165, 1.54) is 30.0 Å². The van der Waals surface area contributed by atoms with Gasteiger partial charge in [0.2, 0.25) is 0 Å². The number of nitrogens with zero attached hydrogens (tertiary/aromatic N) is 4. The molecule has 0 aromatic carbocycles. The van der Waals surface area contributed by atoms with Gasteiger partial charge in [0, 0.05) is 36.6 Å². The standard InChI is InChI=1S/C14H21N5S.ClH/c1-2-18-8-6-16-13(18)12-5-3-4-7-19(12)10-11-9-17-14(15)20-11;/h6,8-9,12H,2-5,7,10H2,1H3,(H2,15,17);1H. The minimum Gasteiger partial charge on any atom is -0.375 e. The number of hydrogen-bond donors (Lipinski definition) is 1. The minimum atomic E-state index is 0. The summed E-state index contributed by atoms with van der Waals surface area (Å²) < 4.78 is 2.25. The zero-order chi connectivity index (χ0) is 13.9. The Bertz CT molecular complexity index is 567. The van der Waals surface area contributed by atoms with Crippen molar-refractivity contribution >= 4 is 28.9 Å². The van der Waals surface area contributed by atoms with Crippen LogP contribution in [-0.2, 0) is 13.1 Å². The lowest BCUT2D eigenvalue weighted by Crippen LogP contribution is -2.34. The van der Waals surface area contributed by atoms with Crippen molar-refractivity contribution in [2.24, 2.45) is 0 Å². The van der Waals surface area contributed by atoms with E-state index < -0.39 is 0 Å². The van der Waals surface area contributed by atoms with Crippen LogP contribution in [0.3, 0.4) is 0 Å². The Morgan fingerprint density at radius 3 is 2.95 bits per heavy atom. The number of halogens is 1. The minimum absolute atomic E-state index is 0. The van der Waals surface area contributed by atoms with Gasteiger partial charge in [-0.25, -0.2) is 9.97 Å². The number of nitrogen functional groups attached to an aromatic ring is 1. The number of aryl methyl sites for hydroxylation is 1. The molecule has 1 saturated heterocycles. The molecule has 0 aliphatic carbocycles. The van der Waals surface area contributed by atoms with Crippen LogP contribution in [0.5, 0.6) is 0 Å². The predicted octanol–water partition coefficient (Wildman–Crippen LogP) is 3.09. The molecule has 116 valence electrons. The Balaban J connectivity index is 0.00000161. The van der Waals surface area contributed by atoms with E-state index in [4.69, 9.17) is 5.73 Å². The molecule has 1 aliphatic heterocycles. The molecule has 7 heteroatoms. The van der Waals surface area contributed by atoms with E-state index in [9.17, 15) is 0 Å². The quantitative estimate of drug-likeness (QED) is 0.937. The largest absolute Gasteiger partial charge is 0.375 e. The average molecular weight is 328 g/mol. The molecule has 2 N–H and O–H groups in total. The lowest BCUT2D eigenvalue weighted by atomic mass is 10.0. The molecule has 0 saturated carbocycles. The summed E-state index contributed by atoms with van der Waals surface area (Å²) in [5.74, 6) is 1.20. The Morgan fingerprint density at radius 2 is 2.24 bits per heavy atom. The highest BCUT2D eigenvalue weighted by Crippen LogP contribution is 2.32. The summed E-state index contributed by atoms with van der Waals surface area (Å²) in [4.78, 5) is 12.5. The highest BCUT2D eigenvalue weighted by molar-refractivity contribution is 7.15. The topological polar surface area (TPSA) is 60.0 Å². The molecular weight excluding hydrogens is 306 g/mol. The number of aromatic nitrogens is 3. The third-order valence-corrected chi connectivity index (χ3v) is 4.74. The van der Waals surface area contributed by atoms with Crippen molar-refractivity contribution in [1.29, 1.82) is 0 Å². The Morgan fingerprint density at radius 1 is 1.38 bits per heavy atom. The van der Waals surface area contributed by atoms with E-state index in [1.807, 2.05) is 12.4 Å². The van der Waals surface area contributed by atoms with Gasteiger partial charge >= 0.3 is 0 Å². The van der Waals surface area contributed by atoms with Crippen LogP contribution in [0.4, 0.5) is 5.13 Å². The molecule has 1 atom stereocenters. The van der Waals surface area contributed by atoms with Crippen LogP contribution in [-0.4, -0.2) is 26.0 Å². The van der Waals surface area contributed by atoms with Gasteiger partial charge < -0.3 is 10.3 Å². The first-order valence-corrected chi connectivity index (χ1v) is 8.05. The normalized spacial score (nSPS) is 19.4. The number of hydrogen-bond acceptors (Lipinski definition) is 5. The zero-order valence-corrected chi connectivity index (χ0v) is 13.9. The number of thiazole rings is 1. The molecule has 1 fully saturated rings. The fourth-order valence-electron chi connectivity index (χ4n) is 2.95. The van der Waals surface area contributed by atoms with Gasteiger partial charge in [0.1, 0.15) is 5.82 Å². The van der Waals surface area contributed by atoms with E-state index >= 15 is 0 Å². The second-order valence-corrected chi connectivity index (χ2v) is 6.37. The maximum Gasteiger partial charge on any atom is 0.180 e. The van der Waals surface area contributed by atoms with Gasteiger partial charge in [0.15, 0.2) is 5.13 Å². The fourth-order valence-corrected chi connectivity index (χ4v) is 3.66. The van der Waals surface area contributed by atoms with Crippen molar-refractivity contribution in [3.05, 3.63) is 29.3 Å². The molecule has 3 rings (SSSR count). The number of anilines is 1. The Hall–Kier alpha value is -1.11. The van der Waals surface area contributed by atoms with Crippen molar-refractivity contribution in [1.82, 2.24) is 19.4 Å². The molecule has 0 amide bonds. The molecule has 1 unspecified atom stereocenters. The second kappa shape index (κ2) is 7.24. The molecule has 0 radical (unpaired) electrons. The summed E-state index contributed by atoms with van der Waals surface area (Å²) in [5.41, 5.74) is 5.73. The van der Waals surface area contributed by atoms with Crippen molar-refractivity contribution < 1.29 is 0 Å². The average Bonchev–Trinajstić information content (AvgIpc) is 3.08. The summed E-state index contributed by atoms with van der Waals surface area (Å²) in [6, 6.07) is 0.419. The maximum absolute atomic E-state index is 5.73. The van der Waals surface area contributed by atoms with Gasteiger partial charge in [0.25, 0.3) is 0 Å². The predicted molar refractivity (Wildman–Crippen MR) is 88.7 cm³/mol. The SMILES string of the molecule is CCn1ccnc1C1CCCCN1Cc1cnc(N)s1.Cl. The van der Waals surface area contributed by atoms with Crippen molar-refractivity contribution in [3.63, 3.8) is 0 Å². The van der Waals surface area contributed by atoms with Crippen LogP contribution in [0.15, 0.2) is 18.6 Å². The second-order valence-electron chi connectivity index (χ2n) is 5.22. The first kappa shape index (κ1) is 16.3. The van der Waals surface area contributed by atoms with Gasteiger partial charge in [-0.1, -0.05) is 6.42 Å². The van der Waals surface area contributed by atoms with E-state index in [1.54, 1.807) is 11.3 Å². The monoisotopic (exact) mass is 327 g/mol. The fraction of sp³-hybridized carbons (Fsp3) is 0.571. The van der Waals surface area contributed by atoms with Crippen molar-refractivity contribution in [2.75, 3.05) is 12.3 Å². The Kier molecular flexibility index (Phi) is 5.61. The van der Waals surface area contributed by atoms with E-state index in [0.717, 1.165) is 19.6 Å². The maximum atomic E-state index is 5.73. The van der Waals surface area contributed by atoms with E-state index in [0.29, 0.717) is 11.2 Å². The molecule has 2 aromatic rings. The van der Waals surface area contributed by atoms with Gasteiger partial charge in [0.05, 0.1) is 6.04 Å².